The van der Waals surface area contributed by atoms with E-state index in [-0.39, 0.29) is 29.3 Å². The van der Waals surface area contributed by atoms with Crippen LogP contribution in [0.4, 0.5) is 0 Å². The van der Waals surface area contributed by atoms with Crippen LogP contribution in [-0.4, -0.2) is 64.4 Å². The molecule has 4 aliphatic carbocycles. The quantitative estimate of drug-likeness (QED) is 0.231. The fourth-order valence-electron chi connectivity index (χ4n) is 10.0. The van der Waals surface area contributed by atoms with E-state index >= 15 is 0 Å². The molecule has 4 fully saturated rings. The fraction of sp³-hybridized carbons (Fsp3) is 0.844. The number of amides is 1. The predicted molar refractivity (Wildman–Crippen MR) is 162 cm³/mol. The van der Waals surface area contributed by atoms with Crippen molar-refractivity contribution in [1.82, 2.24) is 4.90 Å². The molecule has 5 nitrogen and oxygen atoms in total. The van der Waals surface area contributed by atoms with Crippen molar-refractivity contribution in [3.8, 4) is 0 Å². The summed E-state index contributed by atoms with van der Waals surface area (Å²) in [6.07, 6.45) is 11.8. The van der Waals surface area contributed by atoms with Crippen molar-refractivity contribution in [2.75, 3.05) is 24.6 Å². The van der Waals surface area contributed by atoms with Crippen molar-refractivity contribution in [2.24, 2.45) is 40.7 Å². The third kappa shape index (κ3) is 4.69. The Kier molecular flexibility index (Phi) is 8.06. The molecule has 2 saturated carbocycles. The second-order valence-electron chi connectivity index (χ2n) is 13.9. The van der Waals surface area contributed by atoms with Gasteiger partial charge in [0.1, 0.15) is 0 Å². The van der Waals surface area contributed by atoms with Gasteiger partial charge in [0, 0.05) is 36.9 Å². The second-order valence-corrected chi connectivity index (χ2v) is 16.6. The maximum Gasteiger partial charge on any atom is 0.223 e. The van der Waals surface area contributed by atoms with E-state index in [9.17, 15) is 9.90 Å². The van der Waals surface area contributed by atoms with Gasteiger partial charge in [0.2, 0.25) is 5.91 Å². The maximum absolute atomic E-state index is 13.6. The van der Waals surface area contributed by atoms with Gasteiger partial charge in [-0.15, -0.1) is 0 Å². The number of hydrogen-bond acceptors (Lipinski definition) is 6. The molecule has 10 atom stereocenters. The van der Waals surface area contributed by atoms with E-state index < -0.39 is 0 Å². The van der Waals surface area contributed by atoms with Gasteiger partial charge in [-0.2, -0.15) is 0 Å². The normalized spacial score (nSPS) is 45.1. The average molecular weight is 575 g/mol. The highest BCUT2D eigenvalue weighted by atomic mass is 33.1. The Morgan fingerprint density at radius 3 is 2.79 bits per heavy atom. The van der Waals surface area contributed by atoms with Gasteiger partial charge in [-0.25, -0.2) is 0 Å². The Balaban J connectivity index is 1.23. The van der Waals surface area contributed by atoms with Gasteiger partial charge in [-0.3, -0.25) is 4.79 Å². The Morgan fingerprint density at radius 1 is 1.21 bits per heavy atom. The van der Waals surface area contributed by atoms with Crippen LogP contribution in [0.1, 0.15) is 85.5 Å². The Hall–Kier alpha value is -0.470. The van der Waals surface area contributed by atoms with Gasteiger partial charge in [0.25, 0.3) is 0 Å². The van der Waals surface area contributed by atoms with Crippen molar-refractivity contribution in [3.63, 3.8) is 0 Å². The maximum atomic E-state index is 13.6. The minimum absolute atomic E-state index is 0.147. The lowest BCUT2D eigenvalue weighted by Crippen LogP contribution is -2.54. The highest BCUT2D eigenvalue weighted by Gasteiger charge is 2.62. The largest absolute Gasteiger partial charge is 0.393 e. The third-order valence-electron chi connectivity index (χ3n) is 12.0. The topological polar surface area (TPSA) is 75.8 Å². The molecule has 1 spiro atoms. The van der Waals surface area contributed by atoms with Crippen LogP contribution in [0.25, 0.3) is 0 Å². The average Bonchev–Trinajstić information content (AvgIpc) is 3.43. The lowest BCUT2D eigenvalue weighted by atomic mass is 9.56. The van der Waals surface area contributed by atoms with Gasteiger partial charge in [0.05, 0.1) is 23.9 Å². The van der Waals surface area contributed by atoms with E-state index in [1.807, 2.05) is 0 Å². The van der Waals surface area contributed by atoms with E-state index in [1.54, 1.807) is 27.2 Å². The van der Waals surface area contributed by atoms with E-state index in [0.717, 1.165) is 56.1 Å². The van der Waals surface area contributed by atoms with Gasteiger partial charge in [0.15, 0.2) is 0 Å². The van der Waals surface area contributed by atoms with Gasteiger partial charge < -0.3 is 20.5 Å². The van der Waals surface area contributed by atoms with Gasteiger partial charge in [-0.05, 0) is 93.0 Å². The van der Waals surface area contributed by atoms with Crippen LogP contribution < -0.4 is 5.73 Å². The summed E-state index contributed by atoms with van der Waals surface area (Å²) in [6, 6.07) is 0.191. The predicted octanol–water partition coefficient (Wildman–Crippen LogP) is 5.97. The Morgan fingerprint density at radius 2 is 2.00 bits per heavy atom. The van der Waals surface area contributed by atoms with Crippen LogP contribution in [0.3, 0.4) is 0 Å². The van der Waals surface area contributed by atoms with Crippen LogP contribution in [0, 0.1) is 35.0 Å². The first-order chi connectivity index (χ1) is 18.7. The molecule has 7 heteroatoms. The molecule has 0 aromatic heterocycles. The summed E-state index contributed by atoms with van der Waals surface area (Å²) in [4.78, 5) is 15.8. The number of carbonyl (C=O) groups is 1. The number of rotatable bonds is 6. The smallest absolute Gasteiger partial charge is 0.223 e. The number of aliphatic hydroxyl groups excluding tert-OH is 1. The number of aliphatic hydroxyl groups is 1. The summed E-state index contributed by atoms with van der Waals surface area (Å²) in [5, 5.41) is 10.4. The summed E-state index contributed by atoms with van der Waals surface area (Å²) in [5.41, 5.74) is 10.4. The monoisotopic (exact) mass is 574 g/mol. The zero-order valence-corrected chi connectivity index (χ0v) is 26.1. The number of ether oxygens (including phenoxy) is 1. The van der Waals surface area contributed by atoms with Crippen molar-refractivity contribution in [3.05, 3.63) is 22.8 Å². The molecule has 0 aromatic carbocycles. The molecule has 39 heavy (non-hydrogen) atoms. The number of nitrogens with zero attached hydrogens (tertiary/aromatic N) is 1. The standard InChI is InChI=1S/C32H50N2O3S2/c1-19-15-28-30(34(18-19)29(36)9-13-38-39-14-12-33)21(3)32(37-28)11-8-24-25-6-5-22-16-23(35)7-10-31(22,4)27(25)17-26(24)20(32)2/h5,19,21,23-25,27-28,30,35H,6-18,33H2,1-4H3/t19?,21-,23?,24?,25?,27?,28?,30?,31?,32?/m1/s1. The van der Waals surface area contributed by atoms with Crippen LogP contribution in [-0.2, 0) is 9.53 Å². The zero-order chi connectivity index (χ0) is 27.5. The lowest BCUT2D eigenvalue weighted by molar-refractivity contribution is -0.139. The third-order valence-corrected chi connectivity index (χ3v) is 14.4. The van der Waals surface area contributed by atoms with E-state index in [0.29, 0.717) is 42.5 Å². The lowest BCUT2D eigenvalue weighted by Gasteiger charge is -2.49. The Bertz CT molecular complexity index is 1030. The Labute approximate surface area is 243 Å². The van der Waals surface area contributed by atoms with E-state index in [2.05, 4.69) is 38.7 Å². The van der Waals surface area contributed by atoms with Crippen molar-refractivity contribution >= 4 is 27.5 Å². The van der Waals surface area contributed by atoms with Gasteiger partial charge in [-0.1, -0.05) is 59.6 Å². The second kappa shape index (κ2) is 11.0. The molecule has 3 N–H and O–H groups in total. The molecule has 218 valence electrons. The van der Waals surface area contributed by atoms with E-state index in [1.165, 1.54) is 30.4 Å². The summed E-state index contributed by atoms with van der Waals surface area (Å²) < 4.78 is 7.21. The first-order valence-electron chi connectivity index (χ1n) is 15.7. The van der Waals surface area contributed by atoms with Crippen LogP contribution >= 0.6 is 21.6 Å². The first kappa shape index (κ1) is 28.6. The van der Waals surface area contributed by atoms with Crippen LogP contribution in [0.15, 0.2) is 22.8 Å². The molecule has 0 aromatic rings. The number of nitrogens with two attached hydrogens (primary N) is 1. The number of allylic oxidation sites excluding steroid dienone is 2. The number of fused-ring (bicyclic) bond motifs is 6. The summed E-state index contributed by atoms with van der Waals surface area (Å²) in [6.45, 7) is 11.1. The number of likely N-dealkylation sites (tertiary alicyclic amines) is 1. The molecular formula is C32H50N2O3S2. The van der Waals surface area contributed by atoms with Crippen molar-refractivity contribution in [2.45, 2.75) is 109 Å². The number of hydrogen-bond donors (Lipinski definition) is 2. The molecule has 2 heterocycles. The SMILES string of the molecule is CC1=C2CC3C(CC=C4CC(O)CCC43C)C2CCC12OC1CC(C)CN(C(=O)CCSSCCN)C1[C@H]2C. The molecule has 2 aliphatic heterocycles. The zero-order valence-electron chi connectivity index (χ0n) is 24.5. The van der Waals surface area contributed by atoms with Crippen LogP contribution in [0.5, 0.6) is 0 Å². The minimum atomic E-state index is -0.219. The number of carbonyl (C=O) groups excluding carboxylic acids is 1. The molecule has 0 bridgehead atoms. The van der Waals surface area contributed by atoms with Crippen molar-refractivity contribution < 1.29 is 14.6 Å². The first-order valence-corrected chi connectivity index (χ1v) is 18.2. The molecule has 9 unspecified atom stereocenters. The molecule has 0 radical (unpaired) electrons. The van der Waals surface area contributed by atoms with E-state index in [4.69, 9.17) is 10.5 Å². The summed E-state index contributed by atoms with van der Waals surface area (Å²) in [5.74, 6) is 5.01. The number of piperidine rings is 1. The van der Waals surface area contributed by atoms with Crippen LogP contribution in [0.2, 0.25) is 0 Å². The summed E-state index contributed by atoms with van der Waals surface area (Å²) >= 11 is 0. The van der Waals surface area contributed by atoms with Gasteiger partial charge >= 0.3 is 0 Å². The highest BCUT2D eigenvalue weighted by Crippen LogP contribution is 2.65. The molecule has 2 saturated heterocycles. The highest BCUT2D eigenvalue weighted by molar-refractivity contribution is 8.76. The molecular weight excluding hydrogens is 524 g/mol. The molecule has 6 rings (SSSR count). The fourth-order valence-corrected chi connectivity index (χ4v) is 11.9. The van der Waals surface area contributed by atoms with Crippen molar-refractivity contribution in [1.29, 1.82) is 0 Å². The molecule has 6 aliphatic rings. The minimum Gasteiger partial charge on any atom is -0.393 e. The molecule has 1 amide bonds. The summed E-state index contributed by atoms with van der Waals surface area (Å²) in [7, 11) is 3.56.